The van der Waals surface area contributed by atoms with E-state index in [1.807, 2.05) is 6.07 Å². The van der Waals surface area contributed by atoms with Gasteiger partial charge in [-0.05, 0) is 36.3 Å². The van der Waals surface area contributed by atoms with Crippen LogP contribution in [0.2, 0.25) is 0 Å². The van der Waals surface area contributed by atoms with Gasteiger partial charge < -0.3 is 10.5 Å². The number of alkyl halides is 2. The molecular weight excluding hydrogens is 264 g/mol. The number of rotatable bonds is 5. The van der Waals surface area contributed by atoms with Crippen LogP contribution in [-0.2, 0) is 10.7 Å². The van der Waals surface area contributed by atoms with Crippen LogP contribution < -0.4 is 5.73 Å². The summed E-state index contributed by atoms with van der Waals surface area (Å²) in [6.45, 7) is 3.15. The summed E-state index contributed by atoms with van der Waals surface area (Å²) < 4.78 is 33.8. The van der Waals surface area contributed by atoms with Crippen molar-refractivity contribution < 1.29 is 18.3 Å². The summed E-state index contributed by atoms with van der Waals surface area (Å²) in [6, 6.07) is 6.36. The molecule has 20 heavy (non-hydrogen) atoms. The van der Waals surface area contributed by atoms with E-state index >= 15 is 0 Å². The number of carbonyl (C=O) groups excluding carboxylic acids is 1. The van der Waals surface area contributed by atoms with Gasteiger partial charge in [-0.25, -0.2) is 4.79 Å². The SMILES string of the molecule is CC(C)C(OC(N)=O)C(F)(F)c1cccc(C2CC2)c1. The number of ether oxygens (including phenoxy) is 1. The van der Waals surface area contributed by atoms with Gasteiger partial charge in [0, 0.05) is 5.56 Å². The molecule has 0 radical (unpaired) electrons. The lowest BCUT2D eigenvalue weighted by molar-refractivity contribution is -0.133. The van der Waals surface area contributed by atoms with Crippen LogP contribution in [0, 0.1) is 5.92 Å². The summed E-state index contributed by atoms with van der Waals surface area (Å²) in [5, 5.41) is 0. The highest BCUT2D eigenvalue weighted by molar-refractivity contribution is 5.65. The Morgan fingerprint density at radius 2 is 2.05 bits per heavy atom. The van der Waals surface area contributed by atoms with Gasteiger partial charge in [0.15, 0.2) is 6.10 Å². The highest BCUT2D eigenvalue weighted by atomic mass is 19.3. The van der Waals surface area contributed by atoms with Gasteiger partial charge >= 0.3 is 12.0 Å². The Labute approximate surface area is 117 Å². The maximum absolute atomic E-state index is 14.6. The van der Waals surface area contributed by atoms with Crippen molar-refractivity contribution in [2.75, 3.05) is 0 Å². The number of primary amides is 1. The Bertz CT molecular complexity index is 498. The van der Waals surface area contributed by atoms with Crippen LogP contribution in [0.4, 0.5) is 13.6 Å². The van der Waals surface area contributed by atoms with Gasteiger partial charge in [-0.2, -0.15) is 8.78 Å². The first-order chi connectivity index (χ1) is 9.32. The van der Waals surface area contributed by atoms with Crippen molar-refractivity contribution in [3.05, 3.63) is 35.4 Å². The number of hydrogen-bond acceptors (Lipinski definition) is 2. The molecule has 1 aromatic carbocycles. The lowest BCUT2D eigenvalue weighted by atomic mass is 9.93. The maximum Gasteiger partial charge on any atom is 0.405 e. The van der Waals surface area contributed by atoms with Crippen molar-refractivity contribution in [2.24, 2.45) is 11.7 Å². The number of amides is 1. The summed E-state index contributed by atoms with van der Waals surface area (Å²) in [7, 11) is 0. The fraction of sp³-hybridized carbons (Fsp3) is 0.533. The van der Waals surface area contributed by atoms with Gasteiger partial charge in [0.25, 0.3) is 0 Å². The van der Waals surface area contributed by atoms with Crippen molar-refractivity contribution in [2.45, 2.75) is 44.6 Å². The molecule has 1 atom stereocenters. The zero-order valence-corrected chi connectivity index (χ0v) is 11.6. The molecule has 0 spiro atoms. The molecule has 1 unspecified atom stereocenters. The van der Waals surface area contributed by atoms with Crippen molar-refractivity contribution in [3.63, 3.8) is 0 Å². The minimum atomic E-state index is -3.26. The molecule has 1 saturated carbocycles. The van der Waals surface area contributed by atoms with E-state index in [1.54, 1.807) is 19.9 Å². The molecule has 1 fully saturated rings. The zero-order valence-electron chi connectivity index (χ0n) is 11.6. The van der Waals surface area contributed by atoms with E-state index in [-0.39, 0.29) is 5.56 Å². The van der Waals surface area contributed by atoms with Crippen molar-refractivity contribution in [1.82, 2.24) is 0 Å². The molecule has 0 saturated heterocycles. The van der Waals surface area contributed by atoms with E-state index in [4.69, 9.17) is 5.73 Å². The second-order valence-corrected chi connectivity index (χ2v) is 5.62. The highest BCUT2D eigenvalue weighted by Gasteiger charge is 2.46. The average Bonchev–Trinajstić information content (AvgIpc) is 3.19. The second-order valence-electron chi connectivity index (χ2n) is 5.62. The van der Waals surface area contributed by atoms with E-state index in [2.05, 4.69) is 4.74 Å². The fourth-order valence-electron chi connectivity index (χ4n) is 2.33. The standard InChI is InChI=1S/C15H19F2NO2/c1-9(2)13(20-14(18)19)15(16,17)12-5-3-4-11(8-12)10-6-7-10/h3-5,8-10,13H,6-7H2,1-2H3,(H2,18,19). The van der Waals surface area contributed by atoms with Crippen LogP contribution in [0.15, 0.2) is 24.3 Å². The van der Waals surface area contributed by atoms with Gasteiger partial charge in [-0.3, -0.25) is 0 Å². The third-order valence-corrected chi connectivity index (χ3v) is 3.53. The topological polar surface area (TPSA) is 52.3 Å². The number of benzene rings is 1. The lowest BCUT2D eigenvalue weighted by Crippen LogP contribution is -2.40. The molecule has 0 heterocycles. The summed E-state index contributed by atoms with van der Waals surface area (Å²) >= 11 is 0. The first-order valence-electron chi connectivity index (χ1n) is 6.76. The van der Waals surface area contributed by atoms with Crippen LogP contribution in [0.3, 0.4) is 0 Å². The van der Waals surface area contributed by atoms with E-state index in [0.29, 0.717) is 5.92 Å². The largest absolute Gasteiger partial charge is 0.439 e. The van der Waals surface area contributed by atoms with Crippen molar-refractivity contribution in [1.29, 1.82) is 0 Å². The van der Waals surface area contributed by atoms with E-state index in [9.17, 15) is 13.6 Å². The molecular formula is C15H19F2NO2. The smallest absolute Gasteiger partial charge is 0.405 e. The molecule has 0 aromatic heterocycles. The Balaban J connectivity index is 2.30. The first kappa shape index (κ1) is 14.8. The molecule has 2 N–H and O–H groups in total. The van der Waals surface area contributed by atoms with Gasteiger partial charge in [0.1, 0.15) is 0 Å². The maximum atomic E-state index is 14.6. The normalized spacial score (nSPS) is 17.1. The molecule has 110 valence electrons. The summed E-state index contributed by atoms with van der Waals surface area (Å²) in [5.41, 5.74) is 5.70. The third-order valence-electron chi connectivity index (χ3n) is 3.53. The minimum Gasteiger partial charge on any atom is -0.439 e. The number of hydrogen-bond donors (Lipinski definition) is 1. The Morgan fingerprint density at radius 3 is 2.55 bits per heavy atom. The Kier molecular flexibility index (Phi) is 3.97. The monoisotopic (exact) mass is 283 g/mol. The predicted molar refractivity (Wildman–Crippen MR) is 71.6 cm³/mol. The van der Waals surface area contributed by atoms with Crippen LogP contribution in [0.25, 0.3) is 0 Å². The molecule has 0 bridgehead atoms. The summed E-state index contributed by atoms with van der Waals surface area (Å²) in [5.74, 6) is -3.41. The average molecular weight is 283 g/mol. The number of carbonyl (C=O) groups is 1. The second kappa shape index (κ2) is 5.38. The quantitative estimate of drug-likeness (QED) is 0.894. The van der Waals surface area contributed by atoms with Gasteiger partial charge in [0.05, 0.1) is 0 Å². The van der Waals surface area contributed by atoms with E-state index < -0.39 is 24.0 Å². The van der Waals surface area contributed by atoms with E-state index in [1.165, 1.54) is 12.1 Å². The molecule has 1 aromatic rings. The zero-order chi connectivity index (χ0) is 14.9. The molecule has 1 aliphatic carbocycles. The lowest BCUT2D eigenvalue weighted by Gasteiger charge is -2.29. The van der Waals surface area contributed by atoms with Crippen LogP contribution in [-0.4, -0.2) is 12.2 Å². The molecule has 5 heteroatoms. The van der Waals surface area contributed by atoms with Gasteiger partial charge in [-0.15, -0.1) is 0 Å². The number of halogens is 2. The fourth-order valence-corrected chi connectivity index (χ4v) is 2.33. The Morgan fingerprint density at radius 1 is 1.40 bits per heavy atom. The van der Waals surface area contributed by atoms with Crippen LogP contribution in [0.5, 0.6) is 0 Å². The molecule has 1 aliphatic rings. The molecule has 2 rings (SSSR count). The molecule has 0 aliphatic heterocycles. The molecule has 3 nitrogen and oxygen atoms in total. The van der Waals surface area contributed by atoms with E-state index in [0.717, 1.165) is 18.4 Å². The van der Waals surface area contributed by atoms with Crippen LogP contribution in [0.1, 0.15) is 43.7 Å². The summed E-state index contributed by atoms with van der Waals surface area (Å²) in [6.07, 6.45) is -0.655. The van der Waals surface area contributed by atoms with Crippen LogP contribution >= 0.6 is 0 Å². The highest BCUT2D eigenvalue weighted by Crippen LogP contribution is 2.43. The van der Waals surface area contributed by atoms with Gasteiger partial charge in [-0.1, -0.05) is 32.0 Å². The summed E-state index contributed by atoms with van der Waals surface area (Å²) in [4.78, 5) is 10.8. The predicted octanol–water partition coefficient (Wildman–Crippen LogP) is 3.78. The third kappa shape index (κ3) is 3.08. The van der Waals surface area contributed by atoms with Crippen molar-refractivity contribution in [3.8, 4) is 0 Å². The van der Waals surface area contributed by atoms with Crippen molar-refractivity contribution >= 4 is 6.09 Å². The first-order valence-corrected chi connectivity index (χ1v) is 6.76. The number of nitrogens with two attached hydrogens (primary N) is 1. The van der Waals surface area contributed by atoms with Gasteiger partial charge in [0.2, 0.25) is 0 Å². The Hall–Kier alpha value is -1.65. The molecule has 1 amide bonds. The minimum absolute atomic E-state index is 0.123.